The quantitative estimate of drug-likeness (QED) is 0.416. The SMILES string of the molecule is COC(=O)c1c(C)cccc1COc1cccc(CNCc2nc3ccccc3o2)c1. The summed E-state index contributed by atoms with van der Waals surface area (Å²) in [5.74, 6) is 1.04. The molecule has 0 aliphatic rings. The number of ether oxygens (including phenoxy) is 2. The summed E-state index contributed by atoms with van der Waals surface area (Å²) in [5, 5.41) is 3.35. The highest BCUT2D eigenvalue weighted by Gasteiger charge is 2.15. The largest absolute Gasteiger partial charge is 0.489 e. The lowest BCUT2D eigenvalue weighted by molar-refractivity contribution is 0.0597. The summed E-state index contributed by atoms with van der Waals surface area (Å²) in [7, 11) is 1.39. The zero-order valence-electron chi connectivity index (χ0n) is 17.6. The normalized spacial score (nSPS) is 10.9. The standard InChI is InChI=1S/C25H24N2O4/c1-17-7-5-9-19(24(17)25(28)29-2)16-30-20-10-6-8-18(13-20)14-26-15-23-27-21-11-3-4-12-22(21)31-23/h3-13,26H,14-16H2,1-2H3. The van der Waals surface area contributed by atoms with Crippen molar-refractivity contribution in [2.45, 2.75) is 26.6 Å². The number of hydrogen-bond donors (Lipinski definition) is 1. The number of methoxy groups -OCH3 is 1. The number of nitrogens with zero attached hydrogens (tertiary/aromatic N) is 1. The van der Waals surface area contributed by atoms with E-state index in [0.29, 0.717) is 24.5 Å². The molecule has 0 bridgehead atoms. The van der Waals surface area contributed by atoms with E-state index in [4.69, 9.17) is 13.9 Å². The first-order chi connectivity index (χ1) is 15.1. The fraction of sp³-hybridized carbons (Fsp3) is 0.200. The number of rotatable bonds is 8. The summed E-state index contributed by atoms with van der Waals surface area (Å²) in [6.07, 6.45) is 0. The number of nitrogens with one attached hydrogen (secondary N) is 1. The zero-order valence-corrected chi connectivity index (χ0v) is 17.6. The molecule has 3 aromatic carbocycles. The molecule has 158 valence electrons. The second-order valence-corrected chi connectivity index (χ2v) is 7.22. The van der Waals surface area contributed by atoms with E-state index in [1.54, 1.807) is 0 Å². The van der Waals surface area contributed by atoms with E-state index in [9.17, 15) is 4.79 Å². The second kappa shape index (κ2) is 9.45. The molecule has 6 nitrogen and oxygen atoms in total. The molecule has 0 aliphatic carbocycles. The van der Waals surface area contributed by atoms with Gasteiger partial charge in [-0.25, -0.2) is 9.78 Å². The molecule has 1 N–H and O–H groups in total. The second-order valence-electron chi connectivity index (χ2n) is 7.22. The number of fused-ring (bicyclic) bond motifs is 1. The first-order valence-electron chi connectivity index (χ1n) is 10.1. The number of carbonyl (C=O) groups is 1. The smallest absolute Gasteiger partial charge is 0.338 e. The summed E-state index contributed by atoms with van der Waals surface area (Å²) in [6, 6.07) is 21.2. The number of hydrogen-bond acceptors (Lipinski definition) is 6. The summed E-state index contributed by atoms with van der Waals surface area (Å²) < 4.78 is 16.6. The van der Waals surface area contributed by atoms with E-state index < -0.39 is 0 Å². The highest BCUT2D eigenvalue weighted by atomic mass is 16.5. The van der Waals surface area contributed by atoms with Crippen LogP contribution in [0, 0.1) is 6.92 Å². The first kappa shape index (κ1) is 20.6. The van der Waals surface area contributed by atoms with Crippen LogP contribution in [0.4, 0.5) is 0 Å². The van der Waals surface area contributed by atoms with E-state index in [-0.39, 0.29) is 12.6 Å². The highest BCUT2D eigenvalue weighted by Crippen LogP contribution is 2.20. The van der Waals surface area contributed by atoms with Gasteiger partial charge in [-0.2, -0.15) is 0 Å². The number of para-hydroxylation sites is 2. The van der Waals surface area contributed by atoms with Gasteiger partial charge in [-0.1, -0.05) is 42.5 Å². The number of esters is 1. The molecule has 1 heterocycles. The lowest BCUT2D eigenvalue weighted by Crippen LogP contribution is -2.13. The summed E-state index contributed by atoms with van der Waals surface area (Å²) in [5.41, 5.74) is 4.94. The molecule has 0 aliphatic heterocycles. The third-order valence-electron chi connectivity index (χ3n) is 4.98. The lowest BCUT2D eigenvalue weighted by atomic mass is 10.0. The van der Waals surface area contributed by atoms with Crippen molar-refractivity contribution < 1.29 is 18.7 Å². The van der Waals surface area contributed by atoms with Gasteiger partial charge in [0, 0.05) is 12.1 Å². The van der Waals surface area contributed by atoms with Crippen molar-refractivity contribution in [1.29, 1.82) is 0 Å². The average molecular weight is 416 g/mol. The maximum absolute atomic E-state index is 12.1. The molecule has 31 heavy (non-hydrogen) atoms. The van der Waals surface area contributed by atoms with Crippen LogP contribution in [0.5, 0.6) is 5.75 Å². The predicted octanol–water partition coefficient (Wildman–Crippen LogP) is 4.79. The van der Waals surface area contributed by atoms with Crippen LogP contribution in [-0.4, -0.2) is 18.1 Å². The molecule has 4 rings (SSSR count). The fourth-order valence-corrected chi connectivity index (χ4v) is 3.46. The maximum atomic E-state index is 12.1. The number of benzene rings is 3. The van der Waals surface area contributed by atoms with E-state index in [0.717, 1.165) is 33.5 Å². The van der Waals surface area contributed by atoms with Crippen LogP contribution >= 0.6 is 0 Å². The average Bonchev–Trinajstić information content (AvgIpc) is 3.20. The molecule has 1 aromatic heterocycles. The van der Waals surface area contributed by atoms with Gasteiger partial charge < -0.3 is 19.2 Å². The minimum atomic E-state index is -0.353. The number of aromatic nitrogens is 1. The van der Waals surface area contributed by atoms with Crippen LogP contribution in [0.3, 0.4) is 0 Å². The van der Waals surface area contributed by atoms with Gasteiger partial charge >= 0.3 is 5.97 Å². The maximum Gasteiger partial charge on any atom is 0.338 e. The van der Waals surface area contributed by atoms with Crippen LogP contribution in [0.15, 0.2) is 71.1 Å². The Hall–Kier alpha value is -3.64. The topological polar surface area (TPSA) is 73.6 Å². The zero-order chi connectivity index (χ0) is 21.6. The number of oxazole rings is 1. The molecule has 0 unspecified atom stereocenters. The Kier molecular flexibility index (Phi) is 6.29. The van der Waals surface area contributed by atoms with Gasteiger partial charge in [-0.3, -0.25) is 0 Å². The number of carbonyl (C=O) groups excluding carboxylic acids is 1. The molecule has 0 radical (unpaired) electrons. The van der Waals surface area contributed by atoms with Gasteiger partial charge in [-0.15, -0.1) is 0 Å². The Morgan fingerprint density at radius 3 is 2.71 bits per heavy atom. The summed E-state index contributed by atoms with van der Waals surface area (Å²) in [4.78, 5) is 16.6. The Morgan fingerprint density at radius 2 is 1.87 bits per heavy atom. The molecule has 0 spiro atoms. The fourth-order valence-electron chi connectivity index (χ4n) is 3.46. The molecular weight excluding hydrogens is 392 g/mol. The molecule has 0 fully saturated rings. The Morgan fingerprint density at radius 1 is 1.03 bits per heavy atom. The predicted molar refractivity (Wildman–Crippen MR) is 118 cm³/mol. The van der Waals surface area contributed by atoms with Gasteiger partial charge in [0.15, 0.2) is 5.58 Å². The summed E-state index contributed by atoms with van der Waals surface area (Å²) in [6.45, 7) is 3.35. The lowest BCUT2D eigenvalue weighted by Gasteiger charge is -2.13. The third-order valence-corrected chi connectivity index (χ3v) is 4.98. The number of aryl methyl sites for hydroxylation is 1. The van der Waals surface area contributed by atoms with Crippen molar-refractivity contribution in [3.8, 4) is 5.75 Å². The van der Waals surface area contributed by atoms with Crippen molar-refractivity contribution >= 4 is 17.1 Å². The minimum absolute atomic E-state index is 0.284. The Labute approximate surface area is 180 Å². The van der Waals surface area contributed by atoms with Crippen molar-refractivity contribution in [3.63, 3.8) is 0 Å². The molecular formula is C25H24N2O4. The van der Waals surface area contributed by atoms with Crippen LogP contribution in [0.25, 0.3) is 11.1 Å². The Balaban J connectivity index is 1.36. The minimum Gasteiger partial charge on any atom is -0.489 e. The van der Waals surface area contributed by atoms with Crippen LogP contribution in [0.2, 0.25) is 0 Å². The molecule has 4 aromatic rings. The Bertz CT molecular complexity index is 1170. The monoisotopic (exact) mass is 416 g/mol. The van der Waals surface area contributed by atoms with Gasteiger partial charge in [0.05, 0.1) is 19.2 Å². The molecule has 0 saturated carbocycles. The van der Waals surface area contributed by atoms with Crippen LogP contribution in [-0.2, 0) is 24.4 Å². The van der Waals surface area contributed by atoms with E-state index >= 15 is 0 Å². The third kappa shape index (κ3) is 4.92. The van der Waals surface area contributed by atoms with E-state index in [1.165, 1.54) is 7.11 Å². The first-order valence-corrected chi connectivity index (χ1v) is 10.1. The van der Waals surface area contributed by atoms with Crippen molar-refractivity contribution in [1.82, 2.24) is 10.3 Å². The molecule has 0 amide bonds. The van der Waals surface area contributed by atoms with Crippen LogP contribution in [0.1, 0.15) is 32.9 Å². The molecule has 0 saturated heterocycles. The van der Waals surface area contributed by atoms with Crippen LogP contribution < -0.4 is 10.1 Å². The summed E-state index contributed by atoms with van der Waals surface area (Å²) >= 11 is 0. The van der Waals surface area contributed by atoms with Gasteiger partial charge in [0.1, 0.15) is 17.9 Å². The van der Waals surface area contributed by atoms with Crippen molar-refractivity contribution in [2.24, 2.45) is 0 Å². The molecule has 6 heteroatoms. The molecule has 0 atom stereocenters. The van der Waals surface area contributed by atoms with Gasteiger partial charge in [-0.05, 0) is 42.3 Å². The van der Waals surface area contributed by atoms with E-state index in [1.807, 2.05) is 73.7 Å². The van der Waals surface area contributed by atoms with Gasteiger partial charge in [0.2, 0.25) is 5.89 Å². The van der Waals surface area contributed by atoms with Crippen molar-refractivity contribution in [2.75, 3.05) is 7.11 Å². The van der Waals surface area contributed by atoms with Gasteiger partial charge in [0.25, 0.3) is 0 Å². The van der Waals surface area contributed by atoms with Crippen molar-refractivity contribution in [3.05, 3.63) is 94.9 Å². The highest BCUT2D eigenvalue weighted by molar-refractivity contribution is 5.92. The van der Waals surface area contributed by atoms with E-state index in [2.05, 4.69) is 10.3 Å².